The summed E-state index contributed by atoms with van der Waals surface area (Å²) in [6.45, 7) is 3.19. The summed E-state index contributed by atoms with van der Waals surface area (Å²) in [4.78, 5) is 28.1. The second kappa shape index (κ2) is 4.63. The van der Waals surface area contributed by atoms with Gasteiger partial charge in [0, 0.05) is 26.2 Å². The average molecular weight is 264 g/mol. The Morgan fingerprint density at radius 3 is 2.21 bits per heavy atom. The SMILES string of the molecule is CN1CCN(C(=O)[C@@H]2[C@H](C(=O)O)[C@H]3C=C[C@H]2C3)CC1. The number of hydrogen-bond acceptors (Lipinski definition) is 3. The molecular formula is C14H20N2O3. The van der Waals surface area contributed by atoms with Gasteiger partial charge in [0.2, 0.25) is 5.91 Å². The van der Waals surface area contributed by atoms with Gasteiger partial charge in [-0.1, -0.05) is 12.2 Å². The predicted molar refractivity (Wildman–Crippen MR) is 69.4 cm³/mol. The molecule has 2 aliphatic carbocycles. The van der Waals surface area contributed by atoms with Crippen molar-refractivity contribution in [3.05, 3.63) is 12.2 Å². The molecule has 19 heavy (non-hydrogen) atoms. The van der Waals surface area contributed by atoms with E-state index in [1.807, 2.05) is 24.1 Å². The van der Waals surface area contributed by atoms with Gasteiger partial charge in [-0.3, -0.25) is 9.59 Å². The Hall–Kier alpha value is -1.36. The van der Waals surface area contributed by atoms with E-state index in [4.69, 9.17) is 0 Å². The van der Waals surface area contributed by atoms with E-state index in [1.165, 1.54) is 0 Å². The van der Waals surface area contributed by atoms with Crippen LogP contribution in [0.1, 0.15) is 6.42 Å². The van der Waals surface area contributed by atoms with E-state index in [-0.39, 0.29) is 23.7 Å². The maximum Gasteiger partial charge on any atom is 0.307 e. The van der Waals surface area contributed by atoms with Crippen molar-refractivity contribution in [1.29, 1.82) is 0 Å². The minimum Gasteiger partial charge on any atom is -0.481 e. The molecule has 0 aromatic heterocycles. The van der Waals surface area contributed by atoms with E-state index in [0.717, 1.165) is 32.6 Å². The zero-order valence-corrected chi connectivity index (χ0v) is 11.2. The molecule has 0 unspecified atom stereocenters. The number of carbonyl (C=O) groups excluding carboxylic acids is 1. The standard InChI is InChI=1S/C14H20N2O3/c1-15-4-6-16(7-5-15)13(17)11-9-2-3-10(8-9)12(11)14(18)19/h2-3,9-12H,4-8H2,1H3,(H,18,19)/t9-,10-,11-,12+/m0/s1. The number of fused-ring (bicyclic) bond motifs is 2. The molecule has 1 N–H and O–H groups in total. The molecule has 1 amide bonds. The molecule has 2 bridgehead atoms. The second-order valence-electron chi connectivity index (χ2n) is 5.97. The Kier molecular flexibility index (Phi) is 3.09. The summed E-state index contributed by atoms with van der Waals surface area (Å²) >= 11 is 0. The van der Waals surface area contributed by atoms with Crippen molar-refractivity contribution in [2.75, 3.05) is 33.2 Å². The fraction of sp³-hybridized carbons (Fsp3) is 0.714. The summed E-state index contributed by atoms with van der Waals surface area (Å²) < 4.78 is 0. The van der Waals surface area contributed by atoms with Crippen LogP contribution in [-0.4, -0.2) is 60.0 Å². The minimum absolute atomic E-state index is 0.0531. The van der Waals surface area contributed by atoms with Crippen LogP contribution in [0, 0.1) is 23.7 Å². The number of piperazine rings is 1. The number of amides is 1. The number of rotatable bonds is 2. The third-order valence-corrected chi connectivity index (χ3v) is 4.84. The Morgan fingerprint density at radius 1 is 1.05 bits per heavy atom. The summed E-state index contributed by atoms with van der Waals surface area (Å²) in [5.41, 5.74) is 0. The number of hydrogen-bond donors (Lipinski definition) is 1. The Balaban J connectivity index is 1.75. The monoisotopic (exact) mass is 264 g/mol. The third kappa shape index (κ3) is 2.06. The first-order valence-corrected chi connectivity index (χ1v) is 6.96. The lowest BCUT2D eigenvalue weighted by molar-refractivity contribution is -0.151. The van der Waals surface area contributed by atoms with Crippen LogP contribution in [0.3, 0.4) is 0 Å². The van der Waals surface area contributed by atoms with Gasteiger partial charge < -0.3 is 14.9 Å². The maximum absolute atomic E-state index is 12.6. The topological polar surface area (TPSA) is 60.9 Å². The lowest BCUT2D eigenvalue weighted by Gasteiger charge is -2.36. The highest BCUT2D eigenvalue weighted by Crippen LogP contribution is 2.48. The van der Waals surface area contributed by atoms with E-state index < -0.39 is 11.9 Å². The molecule has 1 aliphatic heterocycles. The van der Waals surface area contributed by atoms with Gasteiger partial charge in [-0.05, 0) is 25.3 Å². The van der Waals surface area contributed by atoms with Crippen LogP contribution in [0.15, 0.2) is 12.2 Å². The molecule has 1 heterocycles. The molecule has 0 aromatic rings. The zero-order chi connectivity index (χ0) is 13.6. The number of aliphatic carboxylic acids is 1. The van der Waals surface area contributed by atoms with Crippen LogP contribution in [0.5, 0.6) is 0 Å². The number of likely N-dealkylation sites (N-methyl/N-ethyl adjacent to an activating group) is 1. The van der Waals surface area contributed by atoms with Gasteiger partial charge in [0.15, 0.2) is 0 Å². The Bertz CT molecular complexity index is 426. The lowest BCUT2D eigenvalue weighted by atomic mass is 9.82. The first kappa shape index (κ1) is 12.7. The molecule has 3 aliphatic rings. The van der Waals surface area contributed by atoms with Gasteiger partial charge in [0.1, 0.15) is 0 Å². The van der Waals surface area contributed by atoms with E-state index >= 15 is 0 Å². The van der Waals surface area contributed by atoms with E-state index in [1.54, 1.807) is 0 Å². The van der Waals surface area contributed by atoms with Crippen molar-refractivity contribution in [2.45, 2.75) is 6.42 Å². The van der Waals surface area contributed by atoms with Gasteiger partial charge in [0.25, 0.3) is 0 Å². The summed E-state index contributed by atoms with van der Waals surface area (Å²) in [6.07, 6.45) is 4.86. The molecule has 2 fully saturated rings. The lowest BCUT2D eigenvalue weighted by Crippen LogP contribution is -2.51. The fourth-order valence-electron chi connectivity index (χ4n) is 3.73. The molecule has 3 rings (SSSR count). The summed E-state index contributed by atoms with van der Waals surface area (Å²) in [7, 11) is 2.04. The highest BCUT2D eigenvalue weighted by molar-refractivity contribution is 5.87. The van der Waals surface area contributed by atoms with Gasteiger partial charge >= 0.3 is 5.97 Å². The molecule has 5 nitrogen and oxygen atoms in total. The predicted octanol–water partition coefficient (Wildman–Crippen LogP) is 0.283. The number of nitrogens with zero attached hydrogens (tertiary/aromatic N) is 2. The highest BCUT2D eigenvalue weighted by atomic mass is 16.4. The van der Waals surface area contributed by atoms with Crippen molar-refractivity contribution in [1.82, 2.24) is 9.80 Å². The summed E-state index contributed by atoms with van der Waals surface area (Å²) in [6, 6.07) is 0. The van der Waals surface area contributed by atoms with Gasteiger partial charge in [0.05, 0.1) is 11.8 Å². The number of carboxylic acid groups (broad SMARTS) is 1. The Morgan fingerprint density at radius 2 is 1.63 bits per heavy atom. The number of carbonyl (C=O) groups is 2. The maximum atomic E-state index is 12.6. The zero-order valence-electron chi connectivity index (χ0n) is 11.2. The minimum atomic E-state index is -0.815. The van der Waals surface area contributed by atoms with Crippen molar-refractivity contribution in [3.8, 4) is 0 Å². The molecule has 1 saturated heterocycles. The quantitative estimate of drug-likeness (QED) is 0.728. The number of carboxylic acids is 1. The van der Waals surface area contributed by atoms with E-state index in [2.05, 4.69) is 4.90 Å². The van der Waals surface area contributed by atoms with Crippen LogP contribution < -0.4 is 0 Å². The van der Waals surface area contributed by atoms with Crippen LogP contribution in [0.2, 0.25) is 0 Å². The second-order valence-corrected chi connectivity index (χ2v) is 5.97. The van der Waals surface area contributed by atoms with Gasteiger partial charge in [-0.15, -0.1) is 0 Å². The average Bonchev–Trinajstić information content (AvgIpc) is 2.98. The van der Waals surface area contributed by atoms with Gasteiger partial charge in [-0.25, -0.2) is 0 Å². The molecule has 5 heteroatoms. The Labute approximate surface area is 112 Å². The van der Waals surface area contributed by atoms with Crippen LogP contribution >= 0.6 is 0 Å². The molecular weight excluding hydrogens is 244 g/mol. The molecule has 0 aromatic carbocycles. The fourth-order valence-corrected chi connectivity index (χ4v) is 3.73. The van der Waals surface area contributed by atoms with Crippen molar-refractivity contribution in [2.24, 2.45) is 23.7 Å². The van der Waals surface area contributed by atoms with E-state index in [9.17, 15) is 14.7 Å². The van der Waals surface area contributed by atoms with Crippen LogP contribution in [0.4, 0.5) is 0 Å². The van der Waals surface area contributed by atoms with E-state index in [0.29, 0.717) is 0 Å². The highest BCUT2D eigenvalue weighted by Gasteiger charge is 2.52. The first-order chi connectivity index (χ1) is 9.08. The normalized spacial score (nSPS) is 37.8. The van der Waals surface area contributed by atoms with Crippen LogP contribution in [-0.2, 0) is 9.59 Å². The molecule has 0 radical (unpaired) electrons. The van der Waals surface area contributed by atoms with Crippen molar-refractivity contribution in [3.63, 3.8) is 0 Å². The smallest absolute Gasteiger partial charge is 0.307 e. The summed E-state index contributed by atoms with van der Waals surface area (Å²) in [5, 5.41) is 9.38. The van der Waals surface area contributed by atoms with Crippen molar-refractivity contribution >= 4 is 11.9 Å². The van der Waals surface area contributed by atoms with Gasteiger partial charge in [-0.2, -0.15) is 0 Å². The van der Waals surface area contributed by atoms with Crippen LogP contribution in [0.25, 0.3) is 0 Å². The third-order valence-electron chi connectivity index (χ3n) is 4.84. The molecule has 4 atom stereocenters. The first-order valence-electron chi connectivity index (χ1n) is 6.96. The van der Waals surface area contributed by atoms with Crippen molar-refractivity contribution < 1.29 is 14.7 Å². The number of allylic oxidation sites excluding steroid dienone is 2. The largest absolute Gasteiger partial charge is 0.481 e. The molecule has 1 saturated carbocycles. The summed E-state index contributed by atoms with van der Waals surface area (Å²) in [5.74, 6) is -1.41. The molecule has 0 spiro atoms. The molecule has 104 valence electrons.